The van der Waals surface area contributed by atoms with E-state index in [1.165, 1.54) is 44.1 Å². The third-order valence-corrected chi connectivity index (χ3v) is 6.38. The molecule has 1 aromatic carbocycles. The average molecular weight is 351 g/mol. The van der Waals surface area contributed by atoms with E-state index in [9.17, 15) is 0 Å². The molecular weight excluding hydrogens is 328 g/mol. The van der Waals surface area contributed by atoms with Gasteiger partial charge in [-0.05, 0) is 79.9 Å². The molecule has 0 saturated heterocycles. The van der Waals surface area contributed by atoms with Gasteiger partial charge in [0.2, 0.25) is 0 Å². The van der Waals surface area contributed by atoms with Crippen LogP contribution in [0.15, 0.2) is 22.7 Å². The topological polar surface area (TPSA) is 18.5 Å². The monoisotopic (exact) mass is 350 g/mol. The van der Waals surface area contributed by atoms with Crippen LogP contribution in [0.2, 0.25) is 0 Å². The van der Waals surface area contributed by atoms with Crippen molar-refractivity contribution in [2.75, 3.05) is 13.9 Å². The fraction of sp³-hybridized carbons (Fsp3) is 0.667. The predicted octanol–water partition coefficient (Wildman–Crippen LogP) is 4.90. The molecule has 2 nitrogen and oxygen atoms in total. The Hall–Kier alpha value is -0.540. The van der Waals surface area contributed by atoms with Crippen LogP contribution in [0.5, 0.6) is 5.75 Å². The van der Waals surface area contributed by atoms with Gasteiger partial charge in [-0.2, -0.15) is 0 Å². The third-order valence-electron chi connectivity index (χ3n) is 5.88. The van der Waals surface area contributed by atoms with Gasteiger partial charge in [-0.15, -0.1) is 0 Å². The zero-order valence-corrected chi connectivity index (χ0v) is 14.2. The fourth-order valence-corrected chi connectivity index (χ4v) is 5.97. The lowest BCUT2D eigenvalue weighted by atomic mass is 9.48. The molecule has 0 radical (unpaired) electrons. The lowest BCUT2D eigenvalue weighted by Gasteiger charge is -2.57. The van der Waals surface area contributed by atoms with E-state index in [1.807, 2.05) is 0 Å². The Kier molecular flexibility index (Phi) is 3.54. The van der Waals surface area contributed by atoms with Crippen LogP contribution in [-0.4, -0.2) is 13.9 Å². The first kappa shape index (κ1) is 14.1. The zero-order chi connectivity index (χ0) is 14.4. The van der Waals surface area contributed by atoms with Crippen molar-refractivity contribution >= 4 is 15.9 Å². The summed E-state index contributed by atoms with van der Waals surface area (Å²) in [5.74, 6) is 3.88. The maximum atomic E-state index is 5.89. The molecule has 21 heavy (non-hydrogen) atoms. The maximum absolute atomic E-state index is 5.89. The minimum absolute atomic E-state index is 0.334. The summed E-state index contributed by atoms with van der Waals surface area (Å²) in [7, 11) is 1.68. The maximum Gasteiger partial charge on any atom is 0.188 e. The summed E-state index contributed by atoms with van der Waals surface area (Å²) in [6.45, 7) is 0.334. The highest BCUT2D eigenvalue weighted by atomic mass is 79.9. The average Bonchev–Trinajstić information content (AvgIpc) is 2.44. The second-order valence-electron chi connectivity index (χ2n) is 7.39. The van der Waals surface area contributed by atoms with E-state index in [1.54, 1.807) is 7.11 Å². The molecule has 0 aliphatic heterocycles. The number of hydrogen-bond acceptors (Lipinski definition) is 2. The Labute approximate surface area is 135 Å². The third kappa shape index (κ3) is 2.43. The van der Waals surface area contributed by atoms with Crippen molar-refractivity contribution < 1.29 is 9.47 Å². The smallest absolute Gasteiger partial charge is 0.188 e. The highest BCUT2D eigenvalue weighted by molar-refractivity contribution is 9.10. The summed E-state index contributed by atoms with van der Waals surface area (Å²) in [4.78, 5) is 0. The number of ether oxygens (including phenoxy) is 2. The predicted molar refractivity (Wildman–Crippen MR) is 86.5 cm³/mol. The van der Waals surface area contributed by atoms with E-state index in [4.69, 9.17) is 9.47 Å². The second kappa shape index (κ2) is 5.27. The van der Waals surface area contributed by atoms with E-state index < -0.39 is 0 Å². The van der Waals surface area contributed by atoms with Gasteiger partial charge in [0, 0.05) is 17.1 Å². The number of methoxy groups -OCH3 is 1. The van der Waals surface area contributed by atoms with Gasteiger partial charge in [-0.3, -0.25) is 0 Å². The highest BCUT2D eigenvalue weighted by Gasteiger charge is 2.52. The number of benzene rings is 1. The lowest BCUT2D eigenvalue weighted by molar-refractivity contribution is -0.00885. The molecule has 4 fully saturated rings. The first-order chi connectivity index (χ1) is 10.2. The highest BCUT2D eigenvalue weighted by Crippen LogP contribution is 2.62. The largest absolute Gasteiger partial charge is 0.467 e. The van der Waals surface area contributed by atoms with Crippen LogP contribution < -0.4 is 4.74 Å². The van der Waals surface area contributed by atoms with Crippen molar-refractivity contribution in [3.63, 3.8) is 0 Å². The van der Waals surface area contributed by atoms with Gasteiger partial charge in [-0.1, -0.05) is 15.9 Å². The van der Waals surface area contributed by atoms with Crippen LogP contribution in [-0.2, 0) is 10.2 Å². The molecule has 4 bridgehead atoms. The van der Waals surface area contributed by atoms with Gasteiger partial charge in [-0.25, -0.2) is 0 Å². The molecule has 5 rings (SSSR count). The van der Waals surface area contributed by atoms with Gasteiger partial charge < -0.3 is 9.47 Å². The van der Waals surface area contributed by atoms with Crippen molar-refractivity contribution in [3.8, 4) is 5.75 Å². The van der Waals surface area contributed by atoms with Crippen molar-refractivity contribution in [3.05, 3.63) is 28.2 Å². The molecule has 0 amide bonds. The minimum Gasteiger partial charge on any atom is -0.467 e. The first-order valence-electron chi connectivity index (χ1n) is 8.10. The first-order valence-corrected chi connectivity index (χ1v) is 8.89. The molecule has 1 aromatic rings. The summed E-state index contributed by atoms with van der Waals surface area (Å²) < 4.78 is 12.2. The van der Waals surface area contributed by atoms with Crippen LogP contribution in [0.25, 0.3) is 0 Å². The molecule has 114 valence electrons. The van der Waals surface area contributed by atoms with E-state index in [0.717, 1.165) is 28.0 Å². The molecule has 0 N–H and O–H groups in total. The number of halogens is 1. The van der Waals surface area contributed by atoms with Crippen molar-refractivity contribution in [2.45, 2.75) is 43.9 Å². The van der Waals surface area contributed by atoms with Gasteiger partial charge in [0.25, 0.3) is 0 Å². The van der Waals surface area contributed by atoms with E-state index >= 15 is 0 Å². The van der Waals surface area contributed by atoms with Crippen molar-refractivity contribution in [2.24, 2.45) is 17.8 Å². The Bertz CT molecular complexity index is 505. The van der Waals surface area contributed by atoms with Crippen molar-refractivity contribution in [1.29, 1.82) is 0 Å². The van der Waals surface area contributed by atoms with E-state index in [2.05, 4.69) is 34.1 Å². The SMILES string of the molecule is COCOc1ccc(Br)cc1C12CC3CC(CC(C3)C1)C2. The molecule has 0 spiro atoms. The zero-order valence-electron chi connectivity index (χ0n) is 12.6. The molecule has 0 heterocycles. The second-order valence-corrected chi connectivity index (χ2v) is 8.30. The van der Waals surface area contributed by atoms with Crippen LogP contribution in [0.3, 0.4) is 0 Å². The molecule has 4 aliphatic rings. The molecular formula is C18H23BrO2. The van der Waals surface area contributed by atoms with Gasteiger partial charge in [0.1, 0.15) is 5.75 Å². The van der Waals surface area contributed by atoms with Crippen LogP contribution >= 0.6 is 15.9 Å². The standard InChI is InChI=1S/C18H23BrO2/c1-20-11-21-17-3-2-15(19)7-16(17)18-8-12-4-13(9-18)6-14(5-12)10-18/h2-3,7,12-14H,4-6,8-11H2,1H3. The summed E-state index contributed by atoms with van der Waals surface area (Å²) in [5.41, 5.74) is 1.79. The summed E-state index contributed by atoms with van der Waals surface area (Å²) >= 11 is 3.66. The molecule has 3 heteroatoms. The van der Waals surface area contributed by atoms with Crippen LogP contribution in [0.1, 0.15) is 44.1 Å². The number of hydrogen-bond donors (Lipinski definition) is 0. The summed E-state index contributed by atoms with van der Waals surface area (Å²) in [5, 5.41) is 0. The van der Waals surface area contributed by atoms with Crippen LogP contribution in [0.4, 0.5) is 0 Å². The minimum atomic E-state index is 0.334. The Morgan fingerprint density at radius 2 is 1.71 bits per heavy atom. The fourth-order valence-electron chi connectivity index (χ4n) is 5.61. The Balaban J connectivity index is 1.73. The molecule has 0 unspecified atom stereocenters. The molecule has 0 aromatic heterocycles. The Morgan fingerprint density at radius 3 is 2.29 bits per heavy atom. The van der Waals surface area contributed by atoms with E-state index in [-0.39, 0.29) is 0 Å². The van der Waals surface area contributed by atoms with Crippen LogP contribution in [0, 0.1) is 17.8 Å². The van der Waals surface area contributed by atoms with Crippen molar-refractivity contribution in [1.82, 2.24) is 0 Å². The van der Waals surface area contributed by atoms with Gasteiger partial charge in [0.15, 0.2) is 6.79 Å². The van der Waals surface area contributed by atoms with E-state index in [0.29, 0.717) is 12.2 Å². The summed E-state index contributed by atoms with van der Waals surface area (Å²) in [6, 6.07) is 6.49. The van der Waals surface area contributed by atoms with Gasteiger partial charge >= 0.3 is 0 Å². The quantitative estimate of drug-likeness (QED) is 0.719. The molecule has 0 atom stereocenters. The molecule has 4 aliphatic carbocycles. The normalized spacial score (nSPS) is 37.0. The molecule has 4 saturated carbocycles. The Morgan fingerprint density at radius 1 is 1.10 bits per heavy atom. The summed E-state index contributed by atoms with van der Waals surface area (Å²) in [6.07, 6.45) is 8.50. The number of rotatable bonds is 4. The van der Waals surface area contributed by atoms with Gasteiger partial charge in [0.05, 0.1) is 0 Å². The lowest BCUT2D eigenvalue weighted by Crippen LogP contribution is -2.48.